The normalized spacial score (nSPS) is 10.9. The summed E-state index contributed by atoms with van der Waals surface area (Å²) in [7, 11) is 2.85. The molecule has 0 unspecified atom stereocenters. The molecule has 0 saturated carbocycles. The van der Waals surface area contributed by atoms with Crippen LogP contribution >= 0.6 is 15.9 Å². The van der Waals surface area contributed by atoms with Crippen LogP contribution in [0, 0.1) is 48.5 Å². The summed E-state index contributed by atoms with van der Waals surface area (Å²) in [6.07, 6.45) is -0.145. The highest BCUT2D eigenvalue weighted by atomic mass is 79.9. The summed E-state index contributed by atoms with van der Waals surface area (Å²) in [6.45, 7) is 11.9. The van der Waals surface area contributed by atoms with E-state index in [2.05, 4.69) is 15.9 Å². The van der Waals surface area contributed by atoms with Crippen LogP contribution in [0.5, 0.6) is 40.2 Å². The molecule has 6 aromatic rings. The van der Waals surface area contributed by atoms with Crippen molar-refractivity contribution in [3.8, 4) is 40.2 Å². The van der Waals surface area contributed by atoms with Crippen LogP contribution in [0.4, 0.5) is 0 Å². The van der Waals surface area contributed by atoms with Crippen molar-refractivity contribution in [3.05, 3.63) is 167 Å². The molecule has 0 saturated heterocycles. The standard InChI is InChI=1S/C52H49BrO12/c1-27-20-37(62-25-34-16-12-10-13-17-34)24-41(61-9)43(27)51(58)65-49-32(6)31(5)45(48(56)46(49)53)52(59)64-39-21-28(2)42(47(55)33(39)7)38(54)22-36-23-40(60-8)44(30(4)29(36)3)50(57)63-26-35-18-14-11-15-19-35/h10-21,23-24,55-56H,22,25-26H2,1-9H3. The van der Waals surface area contributed by atoms with Crippen molar-refractivity contribution in [1.29, 1.82) is 0 Å². The first-order valence-corrected chi connectivity index (χ1v) is 21.3. The van der Waals surface area contributed by atoms with Crippen LogP contribution in [0.25, 0.3) is 0 Å². The Morgan fingerprint density at radius 2 is 1.09 bits per heavy atom. The largest absolute Gasteiger partial charge is 0.507 e. The van der Waals surface area contributed by atoms with E-state index in [1.807, 2.05) is 60.7 Å². The van der Waals surface area contributed by atoms with Gasteiger partial charge < -0.3 is 38.6 Å². The number of phenolic OH excluding ortho intramolecular Hbond substituents is 2. The third-order valence-corrected chi connectivity index (χ3v) is 12.1. The van der Waals surface area contributed by atoms with E-state index >= 15 is 0 Å². The number of Topliss-reactive ketones (excluding diaryl/α,β-unsaturated/α-hetero) is 1. The minimum atomic E-state index is -0.966. The smallest absolute Gasteiger partial charge is 0.347 e. The fraction of sp³-hybridized carbons (Fsp3) is 0.231. The number of hydrogen-bond donors (Lipinski definition) is 2. The second kappa shape index (κ2) is 20.2. The topological polar surface area (TPSA) is 164 Å². The van der Waals surface area contributed by atoms with Gasteiger partial charge in [-0.1, -0.05) is 60.7 Å². The number of carbonyl (C=O) groups is 4. The van der Waals surface area contributed by atoms with Crippen LogP contribution in [0.2, 0.25) is 0 Å². The minimum absolute atomic E-state index is 0.0228. The van der Waals surface area contributed by atoms with Gasteiger partial charge in [0.25, 0.3) is 0 Å². The van der Waals surface area contributed by atoms with Crippen LogP contribution in [-0.2, 0) is 24.4 Å². The van der Waals surface area contributed by atoms with Gasteiger partial charge in [-0.3, -0.25) is 4.79 Å². The summed E-state index contributed by atoms with van der Waals surface area (Å²) in [5, 5.41) is 22.8. The molecule has 2 N–H and O–H groups in total. The van der Waals surface area contributed by atoms with Crippen molar-refractivity contribution in [2.45, 2.75) is 68.1 Å². The molecule has 0 heterocycles. The van der Waals surface area contributed by atoms with Gasteiger partial charge in [-0.15, -0.1) is 0 Å². The van der Waals surface area contributed by atoms with Gasteiger partial charge in [-0.05, 0) is 133 Å². The van der Waals surface area contributed by atoms with Gasteiger partial charge >= 0.3 is 17.9 Å². The van der Waals surface area contributed by atoms with Gasteiger partial charge in [0.15, 0.2) is 11.5 Å². The van der Waals surface area contributed by atoms with Crippen molar-refractivity contribution in [1.82, 2.24) is 0 Å². The van der Waals surface area contributed by atoms with E-state index < -0.39 is 29.4 Å². The Balaban J connectivity index is 1.20. The fourth-order valence-electron chi connectivity index (χ4n) is 7.49. The van der Waals surface area contributed by atoms with E-state index in [0.717, 1.165) is 11.1 Å². The van der Waals surface area contributed by atoms with Crippen LogP contribution < -0.4 is 23.7 Å². The molecule has 0 radical (unpaired) electrons. The molecule has 6 aromatic carbocycles. The molecular weight excluding hydrogens is 896 g/mol. The predicted molar refractivity (Wildman–Crippen MR) is 247 cm³/mol. The second-order valence-electron chi connectivity index (χ2n) is 15.6. The molecule has 13 heteroatoms. The maximum Gasteiger partial charge on any atom is 0.347 e. The molecule has 6 rings (SSSR count). The number of ether oxygens (including phenoxy) is 6. The minimum Gasteiger partial charge on any atom is -0.507 e. The molecule has 65 heavy (non-hydrogen) atoms. The second-order valence-corrected chi connectivity index (χ2v) is 16.3. The molecule has 336 valence electrons. The summed E-state index contributed by atoms with van der Waals surface area (Å²) >= 11 is 3.32. The highest BCUT2D eigenvalue weighted by Crippen LogP contribution is 2.44. The lowest BCUT2D eigenvalue weighted by Gasteiger charge is -2.20. The fourth-order valence-corrected chi connectivity index (χ4v) is 8.06. The Morgan fingerprint density at radius 3 is 1.71 bits per heavy atom. The Bertz CT molecular complexity index is 2800. The number of aromatic hydroxyl groups is 2. The number of carbonyl (C=O) groups excluding carboxylic acids is 4. The van der Waals surface area contributed by atoms with Crippen molar-refractivity contribution in [2.75, 3.05) is 14.2 Å². The number of phenols is 2. The van der Waals surface area contributed by atoms with Crippen LogP contribution in [0.3, 0.4) is 0 Å². The summed E-state index contributed by atoms with van der Waals surface area (Å²) in [5.74, 6) is -2.79. The van der Waals surface area contributed by atoms with Crippen LogP contribution in [0.1, 0.15) is 97.1 Å². The lowest BCUT2D eigenvalue weighted by Crippen LogP contribution is -2.17. The summed E-state index contributed by atoms with van der Waals surface area (Å²) in [4.78, 5) is 54.7. The summed E-state index contributed by atoms with van der Waals surface area (Å²) < 4.78 is 34.2. The number of ketones is 1. The number of halogens is 1. The van der Waals surface area contributed by atoms with E-state index in [9.17, 15) is 29.4 Å². The number of aryl methyl sites for hydroxylation is 2. The third-order valence-electron chi connectivity index (χ3n) is 11.4. The third kappa shape index (κ3) is 10.0. The number of methoxy groups -OCH3 is 2. The average Bonchev–Trinajstić information content (AvgIpc) is 3.29. The zero-order valence-corrected chi connectivity index (χ0v) is 39.1. The van der Waals surface area contributed by atoms with Crippen molar-refractivity contribution in [3.63, 3.8) is 0 Å². The Labute approximate surface area is 385 Å². The van der Waals surface area contributed by atoms with Crippen molar-refractivity contribution in [2.24, 2.45) is 0 Å². The summed E-state index contributed by atoms with van der Waals surface area (Å²) in [5.41, 5.74) is 5.39. The molecule has 0 fully saturated rings. The number of hydrogen-bond acceptors (Lipinski definition) is 12. The van der Waals surface area contributed by atoms with Gasteiger partial charge in [0, 0.05) is 18.1 Å². The molecule has 0 amide bonds. The number of esters is 3. The van der Waals surface area contributed by atoms with Gasteiger partial charge in [-0.2, -0.15) is 0 Å². The zero-order chi connectivity index (χ0) is 47.3. The van der Waals surface area contributed by atoms with Crippen LogP contribution in [0.15, 0.2) is 89.4 Å². The van der Waals surface area contributed by atoms with E-state index in [4.69, 9.17) is 28.4 Å². The first kappa shape index (κ1) is 47.4. The first-order chi connectivity index (χ1) is 31.0. The number of rotatable bonds is 15. The Morgan fingerprint density at radius 1 is 0.538 bits per heavy atom. The van der Waals surface area contributed by atoms with E-state index in [1.165, 1.54) is 27.2 Å². The highest BCUT2D eigenvalue weighted by molar-refractivity contribution is 9.10. The SMILES string of the molecule is COc1cc(OCc2ccccc2)cc(C)c1C(=O)Oc1c(C)c(C)c(C(=O)Oc2cc(C)c(C(=O)Cc3cc(OC)c(C(=O)OCc4ccccc4)c(C)c3C)c(O)c2C)c(O)c1Br. The van der Waals surface area contributed by atoms with Gasteiger partial charge in [0.1, 0.15) is 68.9 Å². The molecule has 0 aliphatic rings. The molecule has 0 bridgehead atoms. The lowest BCUT2D eigenvalue weighted by molar-refractivity contribution is 0.0467. The molecule has 0 spiro atoms. The van der Waals surface area contributed by atoms with Crippen molar-refractivity contribution < 1.29 is 57.8 Å². The molecule has 0 aliphatic carbocycles. The number of benzene rings is 6. The van der Waals surface area contributed by atoms with E-state index in [0.29, 0.717) is 45.7 Å². The molecule has 12 nitrogen and oxygen atoms in total. The molecular formula is C52H49BrO12. The molecule has 0 aromatic heterocycles. The first-order valence-electron chi connectivity index (χ1n) is 20.5. The Kier molecular flexibility index (Phi) is 14.7. The Hall–Kier alpha value is -7.12. The monoisotopic (exact) mass is 944 g/mol. The molecule has 0 aliphatic heterocycles. The maximum absolute atomic E-state index is 13.9. The van der Waals surface area contributed by atoms with E-state index in [1.54, 1.807) is 59.7 Å². The van der Waals surface area contributed by atoms with Crippen molar-refractivity contribution >= 4 is 39.6 Å². The zero-order valence-electron chi connectivity index (χ0n) is 37.6. The average molecular weight is 946 g/mol. The van der Waals surface area contributed by atoms with Gasteiger partial charge in [0.05, 0.1) is 19.8 Å². The lowest BCUT2D eigenvalue weighted by atomic mass is 9.90. The molecule has 0 atom stereocenters. The van der Waals surface area contributed by atoms with Gasteiger partial charge in [-0.25, -0.2) is 14.4 Å². The predicted octanol–water partition coefficient (Wildman–Crippen LogP) is 10.8. The van der Waals surface area contributed by atoms with Crippen LogP contribution in [-0.4, -0.2) is 48.1 Å². The van der Waals surface area contributed by atoms with Gasteiger partial charge in [0.2, 0.25) is 0 Å². The van der Waals surface area contributed by atoms with E-state index in [-0.39, 0.29) is 79.6 Å². The quantitative estimate of drug-likeness (QED) is 0.0570. The highest BCUT2D eigenvalue weighted by Gasteiger charge is 2.30. The summed E-state index contributed by atoms with van der Waals surface area (Å²) in [6, 6.07) is 25.3. The maximum atomic E-state index is 13.9.